The lowest BCUT2D eigenvalue weighted by Gasteiger charge is -2.06. The summed E-state index contributed by atoms with van der Waals surface area (Å²) in [5.41, 5.74) is 1.01. The predicted octanol–water partition coefficient (Wildman–Crippen LogP) is 2.73. The van der Waals surface area contributed by atoms with E-state index in [1.807, 2.05) is 6.07 Å². The number of benzene rings is 1. The van der Waals surface area contributed by atoms with Gasteiger partial charge in [-0.15, -0.1) is 0 Å². The van der Waals surface area contributed by atoms with Crippen LogP contribution in [0.4, 0.5) is 0 Å². The quantitative estimate of drug-likeness (QED) is 0.791. The molecule has 1 aromatic rings. The molecule has 0 amide bonds. The average Bonchev–Trinajstić information content (AvgIpc) is 2.18. The Morgan fingerprint density at radius 1 is 1.36 bits per heavy atom. The average molecular weight is 234 g/mol. The molecule has 0 unspecified atom stereocenters. The second kappa shape index (κ2) is 6.25. The van der Waals surface area contributed by atoms with Crippen LogP contribution in [0.3, 0.4) is 0 Å². The van der Waals surface area contributed by atoms with Crippen LogP contribution in [0.5, 0.6) is 0 Å². The number of hydrogen-bond acceptors (Lipinski definition) is 2. The molecule has 0 atom stereocenters. The highest BCUT2D eigenvalue weighted by atomic mass is 35.5. The molecule has 0 aliphatic rings. The van der Waals surface area contributed by atoms with E-state index in [1.54, 1.807) is 19.2 Å². The maximum Gasteiger partial charge on any atom is 0.0587 e. The molecule has 2 nitrogen and oxygen atoms in total. The van der Waals surface area contributed by atoms with Gasteiger partial charge in [0.15, 0.2) is 0 Å². The SMILES string of the molecule is COCCNCc1cc(Cl)ccc1Cl. The Balaban J connectivity index is 2.45. The van der Waals surface area contributed by atoms with Crippen LogP contribution in [0.25, 0.3) is 0 Å². The van der Waals surface area contributed by atoms with Gasteiger partial charge >= 0.3 is 0 Å². The van der Waals surface area contributed by atoms with Gasteiger partial charge in [-0.05, 0) is 23.8 Å². The van der Waals surface area contributed by atoms with Gasteiger partial charge < -0.3 is 10.1 Å². The summed E-state index contributed by atoms with van der Waals surface area (Å²) in [4.78, 5) is 0. The van der Waals surface area contributed by atoms with Crippen LogP contribution in [0.2, 0.25) is 10.0 Å². The molecule has 0 spiro atoms. The Kier molecular flexibility index (Phi) is 5.26. The molecule has 1 aromatic carbocycles. The van der Waals surface area contributed by atoms with Gasteiger partial charge in [0.2, 0.25) is 0 Å². The summed E-state index contributed by atoms with van der Waals surface area (Å²) in [6.07, 6.45) is 0. The fraction of sp³-hybridized carbons (Fsp3) is 0.400. The van der Waals surface area contributed by atoms with E-state index in [9.17, 15) is 0 Å². The second-order valence-electron chi connectivity index (χ2n) is 2.91. The first-order valence-corrected chi connectivity index (χ1v) is 5.13. The van der Waals surface area contributed by atoms with Gasteiger partial charge in [0.1, 0.15) is 0 Å². The smallest absolute Gasteiger partial charge is 0.0587 e. The summed E-state index contributed by atoms with van der Waals surface area (Å²) in [6, 6.07) is 5.45. The molecule has 1 N–H and O–H groups in total. The number of halogens is 2. The molecule has 4 heteroatoms. The molecule has 78 valence electrons. The highest BCUT2D eigenvalue weighted by molar-refractivity contribution is 6.33. The van der Waals surface area contributed by atoms with E-state index in [2.05, 4.69) is 5.32 Å². The highest BCUT2D eigenvalue weighted by Crippen LogP contribution is 2.20. The summed E-state index contributed by atoms with van der Waals surface area (Å²) in [6.45, 7) is 2.21. The standard InChI is InChI=1S/C10H13Cl2NO/c1-14-5-4-13-7-8-6-9(11)2-3-10(8)12/h2-3,6,13H,4-5,7H2,1H3. The first-order chi connectivity index (χ1) is 6.74. The molecule has 0 heterocycles. The molecule has 0 aliphatic heterocycles. The van der Waals surface area contributed by atoms with Gasteiger partial charge in [0.05, 0.1) is 6.61 Å². The Bertz CT molecular complexity index is 291. The van der Waals surface area contributed by atoms with Crippen LogP contribution >= 0.6 is 23.2 Å². The van der Waals surface area contributed by atoms with Crippen molar-refractivity contribution in [3.8, 4) is 0 Å². The van der Waals surface area contributed by atoms with Gasteiger partial charge in [0.25, 0.3) is 0 Å². The van der Waals surface area contributed by atoms with Crippen molar-refractivity contribution in [3.05, 3.63) is 33.8 Å². The lowest BCUT2D eigenvalue weighted by atomic mass is 10.2. The summed E-state index contributed by atoms with van der Waals surface area (Å²) in [5.74, 6) is 0. The van der Waals surface area contributed by atoms with Gasteiger partial charge in [-0.1, -0.05) is 23.2 Å². The van der Waals surface area contributed by atoms with Gasteiger partial charge in [-0.3, -0.25) is 0 Å². The fourth-order valence-electron chi connectivity index (χ4n) is 1.08. The molecule has 14 heavy (non-hydrogen) atoms. The van der Waals surface area contributed by atoms with Crippen LogP contribution in [0.1, 0.15) is 5.56 Å². The van der Waals surface area contributed by atoms with E-state index in [1.165, 1.54) is 0 Å². The molecule has 0 bridgehead atoms. The van der Waals surface area contributed by atoms with Crippen LogP contribution < -0.4 is 5.32 Å². The summed E-state index contributed by atoms with van der Waals surface area (Å²) in [5, 5.41) is 4.64. The lowest BCUT2D eigenvalue weighted by Crippen LogP contribution is -2.18. The zero-order valence-corrected chi connectivity index (χ0v) is 9.53. The molecule has 1 rings (SSSR count). The largest absolute Gasteiger partial charge is 0.383 e. The predicted molar refractivity (Wildman–Crippen MR) is 60.0 cm³/mol. The topological polar surface area (TPSA) is 21.3 Å². The maximum absolute atomic E-state index is 5.98. The van der Waals surface area contributed by atoms with Crippen molar-refractivity contribution in [1.29, 1.82) is 0 Å². The highest BCUT2D eigenvalue weighted by Gasteiger charge is 2.00. The molecular weight excluding hydrogens is 221 g/mol. The van der Waals surface area contributed by atoms with E-state index in [-0.39, 0.29) is 0 Å². The normalized spacial score (nSPS) is 10.5. The van der Waals surface area contributed by atoms with E-state index in [0.29, 0.717) is 18.2 Å². The fourth-order valence-corrected chi connectivity index (χ4v) is 1.46. The number of hydrogen-bond donors (Lipinski definition) is 1. The minimum absolute atomic E-state index is 0.693. The second-order valence-corrected chi connectivity index (χ2v) is 3.75. The van der Waals surface area contributed by atoms with Gasteiger partial charge in [-0.2, -0.15) is 0 Å². The monoisotopic (exact) mass is 233 g/mol. The number of methoxy groups -OCH3 is 1. The van der Waals surface area contributed by atoms with Crippen molar-refractivity contribution in [2.45, 2.75) is 6.54 Å². The Labute approximate surface area is 94.2 Å². The molecule has 0 aromatic heterocycles. The van der Waals surface area contributed by atoms with Crippen LogP contribution in [-0.4, -0.2) is 20.3 Å². The molecule has 0 saturated heterocycles. The number of ether oxygens (including phenoxy) is 1. The van der Waals surface area contributed by atoms with E-state index >= 15 is 0 Å². The van der Waals surface area contributed by atoms with E-state index in [4.69, 9.17) is 27.9 Å². The minimum atomic E-state index is 0.693. The molecule has 0 saturated carbocycles. The summed E-state index contributed by atoms with van der Waals surface area (Å²) >= 11 is 11.8. The third kappa shape index (κ3) is 3.84. The van der Waals surface area contributed by atoms with Crippen molar-refractivity contribution in [3.63, 3.8) is 0 Å². The third-order valence-electron chi connectivity index (χ3n) is 1.81. The minimum Gasteiger partial charge on any atom is -0.383 e. The van der Waals surface area contributed by atoms with Gasteiger partial charge in [0, 0.05) is 30.2 Å². The molecule has 0 aliphatic carbocycles. The first-order valence-electron chi connectivity index (χ1n) is 4.37. The molecule has 0 radical (unpaired) electrons. The Hall–Kier alpha value is -0.280. The molecule has 0 fully saturated rings. The Morgan fingerprint density at radius 2 is 2.14 bits per heavy atom. The van der Waals surface area contributed by atoms with Crippen molar-refractivity contribution >= 4 is 23.2 Å². The first kappa shape index (κ1) is 11.8. The van der Waals surface area contributed by atoms with Crippen LogP contribution in [-0.2, 0) is 11.3 Å². The zero-order chi connectivity index (χ0) is 10.4. The zero-order valence-electron chi connectivity index (χ0n) is 8.02. The third-order valence-corrected chi connectivity index (χ3v) is 2.41. The van der Waals surface area contributed by atoms with Crippen molar-refractivity contribution in [1.82, 2.24) is 5.32 Å². The van der Waals surface area contributed by atoms with Crippen molar-refractivity contribution in [2.24, 2.45) is 0 Å². The summed E-state index contributed by atoms with van der Waals surface area (Å²) in [7, 11) is 1.67. The maximum atomic E-state index is 5.98. The van der Waals surface area contributed by atoms with Crippen LogP contribution in [0.15, 0.2) is 18.2 Å². The lowest BCUT2D eigenvalue weighted by molar-refractivity contribution is 0.199. The van der Waals surface area contributed by atoms with E-state index in [0.717, 1.165) is 17.1 Å². The number of rotatable bonds is 5. The van der Waals surface area contributed by atoms with Crippen molar-refractivity contribution in [2.75, 3.05) is 20.3 Å². The van der Waals surface area contributed by atoms with Crippen molar-refractivity contribution < 1.29 is 4.74 Å². The Morgan fingerprint density at radius 3 is 2.86 bits per heavy atom. The summed E-state index contributed by atoms with van der Waals surface area (Å²) < 4.78 is 4.91. The van der Waals surface area contributed by atoms with E-state index < -0.39 is 0 Å². The number of nitrogens with one attached hydrogen (secondary N) is 1. The molecular formula is C10H13Cl2NO. The van der Waals surface area contributed by atoms with Crippen LogP contribution in [0, 0.1) is 0 Å². The van der Waals surface area contributed by atoms with Gasteiger partial charge in [-0.25, -0.2) is 0 Å².